The van der Waals surface area contributed by atoms with Crippen LogP contribution in [0.5, 0.6) is 5.75 Å². The summed E-state index contributed by atoms with van der Waals surface area (Å²) >= 11 is 0. The highest BCUT2D eigenvalue weighted by molar-refractivity contribution is 6.23. The number of hydrogen-bond donors (Lipinski definition) is 0. The maximum absolute atomic E-state index is 13.1. The minimum absolute atomic E-state index is 0.131. The topological polar surface area (TPSA) is 63.7 Å². The van der Waals surface area contributed by atoms with Crippen molar-refractivity contribution in [2.75, 3.05) is 4.90 Å². The van der Waals surface area contributed by atoms with Crippen LogP contribution in [0.2, 0.25) is 0 Å². The highest BCUT2D eigenvalue weighted by Gasteiger charge is 2.61. The smallest absolute Gasteiger partial charge is 0.315 e. The highest BCUT2D eigenvalue weighted by Crippen LogP contribution is 2.57. The van der Waals surface area contributed by atoms with Crippen molar-refractivity contribution < 1.29 is 19.1 Å². The third kappa shape index (κ3) is 2.65. The number of nitrogens with zero attached hydrogens (tertiary/aromatic N) is 1. The first kappa shape index (κ1) is 17.2. The molecular weight excluding hydrogens is 354 g/mol. The molecule has 0 aromatic heterocycles. The van der Waals surface area contributed by atoms with Gasteiger partial charge in [0, 0.05) is 0 Å². The van der Waals surface area contributed by atoms with Crippen LogP contribution in [0.15, 0.2) is 54.6 Å². The largest absolute Gasteiger partial charge is 0.424 e. The van der Waals surface area contributed by atoms with Crippen LogP contribution < -0.4 is 9.64 Å². The van der Waals surface area contributed by atoms with Crippen molar-refractivity contribution in [3.63, 3.8) is 0 Å². The zero-order valence-electron chi connectivity index (χ0n) is 15.4. The van der Waals surface area contributed by atoms with E-state index < -0.39 is 5.97 Å². The van der Waals surface area contributed by atoms with Crippen molar-refractivity contribution in [2.24, 2.45) is 23.7 Å². The molecular formula is C23H21NO4. The van der Waals surface area contributed by atoms with Gasteiger partial charge in [0.25, 0.3) is 0 Å². The van der Waals surface area contributed by atoms with E-state index in [-0.39, 0.29) is 35.8 Å². The number of amides is 2. The number of carbonyl (C=O) groups excluding carboxylic acids is 3. The molecule has 3 aliphatic rings. The van der Waals surface area contributed by atoms with Crippen LogP contribution in [0.1, 0.15) is 24.8 Å². The number of esters is 1. The molecule has 28 heavy (non-hydrogen) atoms. The normalized spacial score (nSPS) is 27.9. The molecule has 2 aromatic carbocycles. The lowest BCUT2D eigenvalue weighted by molar-refractivity contribution is -0.134. The fourth-order valence-electron chi connectivity index (χ4n) is 5.30. The molecule has 0 N–H and O–H groups in total. The fraction of sp³-hybridized carbons (Fsp3) is 0.348. The molecule has 2 aliphatic carbocycles. The minimum atomic E-state index is -0.419. The minimum Gasteiger partial charge on any atom is -0.424 e. The number of anilines is 1. The van der Waals surface area contributed by atoms with E-state index in [1.807, 2.05) is 30.3 Å². The molecule has 1 aliphatic heterocycles. The Morgan fingerprint density at radius 2 is 1.50 bits per heavy atom. The molecule has 1 heterocycles. The molecule has 3 fully saturated rings. The van der Waals surface area contributed by atoms with Gasteiger partial charge in [0.1, 0.15) is 0 Å². The van der Waals surface area contributed by atoms with Crippen molar-refractivity contribution in [1.29, 1.82) is 0 Å². The lowest BCUT2D eigenvalue weighted by Gasteiger charge is -2.20. The van der Waals surface area contributed by atoms with Crippen molar-refractivity contribution in [3.05, 3.63) is 60.2 Å². The van der Waals surface area contributed by atoms with Gasteiger partial charge < -0.3 is 4.74 Å². The Balaban J connectivity index is 1.40. The van der Waals surface area contributed by atoms with Crippen LogP contribution in [-0.4, -0.2) is 17.8 Å². The third-order valence-corrected chi connectivity index (χ3v) is 6.45. The summed E-state index contributed by atoms with van der Waals surface area (Å²) in [5, 5.41) is 0. The fourth-order valence-corrected chi connectivity index (χ4v) is 5.30. The molecule has 5 heteroatoms. The van der Waals surface area contributed by atoms with E-state index in [9.17, 15) is 14.4 Å². The summed E-state index contributed by atoms with van der Waals surface area (Å²) in [5.74, 6) is -0.162. The van der Waals surface area contributed by atoms with E-state index in [1.165, 1.54) is 4.90 Å². The molecule has 5 rings (SSSR count). The maximum atomic E-state index is 13.1. The predicted octanol–water partition coefficient (Wildman–Crippen LogP) is 3.37. The number of rotatable bonds is 4. The van der Waals surface area contributed by atoms with E-state index in [4.69, 9.17) is 4.74 Å². The average molecular weight is 375 g/mol. The van der Waals surface area contributed by atoms with Crippen molar-refractivity contribution in [1.82, 2.24) is 0 Å². The van der Waals surface area contributed by atoms with Gasteiger partial charge >= 0.3 is 5.97 Å². The molecule has 4 unspecified atom stereocenters. The molecule has 142 valence electrons. The van der Waals surface area contributed by atoms with Crippen LogP contribution in [-0.2, 0) is 20.8 Å². The van der Waals surface area contributed by atoms with Gasteiger partial charge in [0.2, 0.25) is 11.8 Å². The quantitative estimate of drug-likeness (QED) is 0.467. The van der Waals surface area contributed by atoms with Crippen molar-refractivity contribution in [2.45, 2.75) is 25.7 Å². The zero-order valence-corrected chi connectivity index (χ0v) is 15.4. The number of ether oxygens (including phenoxy) is 1. The van der Waals surface area contributed by atoms with Crippen molar-refractivity contribution >= 4 is 23.5 Å². The summed E-state index contributed by atoms with van der Waals surface area (Å²) in [5.41, 5.74) is 1.23. The average Bonchev–Trinajstić information content (AvgIpc) is 3.37. The Bertz CT molecular complexity index is 926. The highest BCUT2D eigenvalue weighted by atomic mass is 16.5. The first-order valence-electron chi connectivity index (χ1n) is 9.85. The first-order valence-corrected chi connectivity index (χ1v) is 9.85. The van der Waals surface area contributed by atoms with Crippen LogP contribution in [0.3, 0.4) is 0 Å². The predicted molar refractivity (Wildman–Crippen MR) is 103 cm³/mol. The maximum Gasteiger partial charge on any atom is 0.315 e. The van der Waals surface area contributed by atoms with E-state index >= 15 is 0 Å². The van der Waals surface area contributed by atoms with E-state index in [1.54, 1.807) is 24.3 Å². The number of fused-ring (bicyclic) bond motifs is 5. The van der Waals surface area contributed by atoms with Gasteiger partial charge in [-0.1, -0.05) is 42.5 Å². The lowest BCUT2D eigenvalue weighted by atomic mass is 9.81. The summed E-state index contributed by atoms with van der Waals surface area (Å²) in [7, 11) is 0. The summed E-state index contributed by atoms with van der Waals surface area (Å²) < 4.78 is 5.56. The van der Waals surface area contributed by atoms with Gasteiger partial charge in [0.05, 0.1) is 23.9 Å². The van der Waals surface area contributed by atoms with Gasteiger partial charge in [-0.15, -0.1) is 0 Å². The Hall–Kier alpha value is -2.95. The number of imide groups is 1. The molecule has 2 bridgehead atoms. The number of carbonyl (C=O) groups is 3. The molecule has 2 amide bonds. The Morgan fingerprint density at radius 1 is 0.893 bits per heavy atom. The molecule has 1 saturated heterocycles. The van der Waals surface area contributed by atoms with Crippen LogP contribution >= 0.6 is 0 Å². The van der Waals surface area contributed by atoms with Gasteiger partial charge in [-0.3, -0.25) is 14.4 Å². The van der Waals surface area contributed by atoms with E-state index in [0.29, 0.717) is 17.5 Å². The van der Waals surface area contributed by atoms with Gasteiger partial charge in [-0.2, -0.15) is 0 Å². The summed E-state index contributed by atoms with van der Waals surface area (Å²) in [6.45, 7) is 0. The molecule has 0 radical (unpaired) electrons. The number of benzene rings is 2. The van der Waals surface area contributed by atoms with E-state index in [2.05, 4.69) is 0 Å². The lowest BCUT2D eigenvalue weighted by Crippen LogP contribution is -2.33. The molecule has 4 atom stereocenters. The molecule has 5 nitrogen and oxygen atoms in total. The third-order valence-electron chi connectivity index (χ3n) is 6.45. The van der Waals surface area contributed by atoms with Crippen LogP contribution in [0, 0.1) is 23.7 Å². The second-order valence-corrected chi connectivity index (χ2v) is 8.00. The Labute approximate surface area is 163 Å². The standard InChI is InChI=1S/C23H21NO4/c25-19(12-14-6-2-1-3-7-14)28-18-9-5-4-8-17(18)24-22(26)20-15-10-11-16(13-15)21(20)23(24)27/h1-9,15-16,20-21H,10-13H2. The second-order valence-electron chi connectivity index (χ2n) is 8.00. The monoisotopic (exact) mass is 375 g/mol. The molecule has 2 saturated carbocycles. The molecule has 0 spiro atoms. The summed E-state index contributed by atoms with van der Waals surface area (Å²) in [6, 6.07) is 16.2. The van der Waals surface area contributed by atoms with E-state index in [0.717, 1.165) is 24.8 Å². The van der Waals surface area contributed by atoms with Crippen LogP contribution in [0.25, 0.3) is 0 Å². The summed E-state index contributed by atoms with van der Waals surface area (Å²) in [6.07, 6.45) is 3.19. The van der Waals surface area contributed by atoms with Gasteiger partial charge in [0.15, 0.2) is 5.75 Å². The van der Waals surface area contributed by atoms with Crippen LogP contribution in [0.4, 0.5) is 5.69 Å². The Morgan fingerprint density at radius 3 is 2.18 bits per heavy atom. The zero-order chi connectivity index (χ0) is 19.3. The number of para-hydroxylation sites is 2. The Kier molecular flexibility index (Phi) is 4.04. The first-order chi connectivity index (χ1) is 13.6. The SMILES string of the molecule is O=C(Cc1ccccc1)Oc1ccccc1N1C(=O)C2C3CCC(C3)C2C1=O. The second kappa shape index (κ2) is 6.59. The van der Waals surface area contributed by atoms with Crippen molar-refractivity contribution in [3.8, 4) is 5.75 Å². The number of hydrogen-bond acceptors (Lipinski definition) is 4. The molecule has 2 aromatic rings. The van der Waals surface area contributed by atoms with Gasteiger partial charge in [-0.05, 0) is 48.8 Å². The summed E-state index contributed by atoms with van der Waals surface area (Å²) in [4.78, 5) is 39.8. The van der Waals surface area contributed by atoms with Gasteiger partial charge in [-0.25, -0.2) is 4.90 Å².